The fraction of sp³-hybridized carbons (Fsp3) is 0.250. The molecule has 0 amide bonds. The van der Waals surface area contributed by atoms with Crippen molar-refractivity contribution in [3.8, 4) is 6.07 Å². The largest absolute Gasteiger partial charge is 0.339 e. The van der Waals surface area contributed by atoms with Crippen molar-refractivity contribution in [3.05, 3.63) is 52.2 Å². The zero-order chi connectivity index (χ0) is 14.0. The van der Waals surface area contributed by atoms with Crippen LogP contribution >= 0.6 is 0 Å². The smallest absolute Gasteiger partial charge is 0.148 e. The van der Waals surface area contributed by atoms with E-state index in [1.54, 1.807) is 0 Å². The maximum atomic E-state index is 9.28. The molecular weight excluding hydrogens is 234 g/mol. The SMILES string of the molecule is Cc1cc(C)c(C#N)c(Nc2c(C)cccc2C)n1. The summed E-state index contributed by atoms with van der Waals surface area (Å²) in [4.78, 5) is 4.45. The van der Waals surface area contributed by atoms with Gasteiger partial charge in [0.1, 0.15) is 11.9 Å². The third-order valence-electron chi connectivity index (χ3n) is 3.18. The number of hydrogen-bond acceptors (Lipinski definition) is 3. The van der Waals surface area contributed by atoms with Crippen LogP contribution in [-0.2, 0) is 0 Å². The third-order valence-corrected chi connectivity index (χ3v) is 3.18. The number of aryl methyl sites for hydroxylation is 4. The molecule has 0 aliphatic carbocycles. The monoisotopic (exact) mass is 251 g/mol. The molecule has 0 spiro atoms. The van der Waals surface area contributed by atoms with Crippen molar-refractivity contribution in [1.82, 2.24) is 4.98 Å². The second-order valence-electron chi connectivity index (χ2n) is 4.81. The molecule has 1 heterocycles. The molecule has 0 radical (unpaired) electrons. The van der Waals surface area contributed by atoms with E-state index in [9.17, 15) is 5.26 Å². The molecule has 0 aliphatic heterocycles. The molecule has 1 N–H and O–H groups in total. The second kappa shape index (κ2) is 5.11. The van der Waals surface area contributed by atoms with E-state index in [4.69, 9.17) is 0 Å². The summed E-state index contributed by atoms with van der Waals surface area (Å²) < 4.78 is 0. The van der Waals surface area contributed by atoms with Crippen LogP contribution in [0.15, 0.2) is 24.3 Å². The van der Waals surface area contributed by atoms with E-state index in [0.717, 1.165) is 28.1 Å². The number of pyridine rings is 1. The minimum absolute atomic E-state index is 0.605. The van der Waals surface area contributed by atoms with Crippen LogP contribution in [-0.4, -0.2) is 4.98 Å². The van der Waals surface area contributed by atoms with Gasteiger partial charge >= 0.3 is 0 Å². The fourth-order valence-corrected chi connectivity index (χ4v) is 2.20. The van der Waals surface area contributed by atoms with E-state index in [2.05, 4.69) is 16.4 Å². The molecule has 0 saturated carbocycles. The van der Waals surface area contributed by atoms with Crippen molar-refractivity contribution in [1.29, 1.82) is 5.26 Å². The maximum Gasteiger partial charge on any atom is 0.148 e. The first kappa shape index (κ1) is 13.1. The van der Waals surface area contributed by atoms with Crippen LogP contribution in [0.3, 0.4) is 0 Å². The first-order valence-corrected chi connectivity index (χ1v) is 6.24. The van der Waals surface area contributed by atoms with Crippen molar-refractivity contribution >= 4 is 11.5 Å². The second-order valence-corrected chi connectivity index (χ2v) is 4.81. The Hall–Kier alpha value is -2.34. The quantitative estimate of drug-likeness (QED) is 0.879. The van der Waals surface area contributed by atoms with Crippen LogP contribution in [0.5, 0.6) is 0 Å². The van der Waals surface area contributed by atoms with E-state index < -0.39 is 0 Å². The van der Waals surface area contributed by atoms with Crippen molar-refractivity contribution < 1.29 is 0 Å². The van der Waals surface area contributed by atoms with Crippen molar-refractivity contribution in [2.75, 3.05) is 5.32 Å². The first-order chi connectivity index (χ1) is 9.02. The number of nitriles is 1. The van der Waals surface area contributed by atoms with Gasteiger partial charge in [0.15, 0.2) is 0 Å². The van der Waals surface area contributed by atoms with Crippen LogP contribution in [0, 0.1) is 39.0 Å². The molecule has 2 aromatic rings. The fourth-order valence-electron chi connectivity index (χ4n) is 2.20. The van der Waals surface area contributed by atoms with Crippen molar-refractivity contribution in [2.24, 2.45) is 0 Å². The van der Waals surface area contributed by atoms with Gasteiger partial charge < -0.3 is 5.32 Å². The highest BCUT2D eigenvalue weighted by Crippen LogP contribution is 2.26. The van der Waals surface area contributed by atoms with Gasteiger partial charge in [-0.05, 0) is 50.5 Å². The maximum absolute atomic E-state index is 9.28. The Labute approximate surface area is 113 Å². The van der Waals surface area contributed by atoms with Gasteiger partial charge in [0.05, 0.1) is 5.56 Å². The summed E-state index contributed by atoms with van der Waals surface area (Å²) in [6.45, 7) is 7.96. The topological polar surface area (TPSA) is 48.7 Å². The molecule has 2 rings (SSSR count). The summed E-state index contributed by atoms with van der Waals surface area (Å²) in [6.07, 6.45) is 0. The molecule has 0 unspecified atom stereocenters. The molecule has 3 heteroatoms. The van der Waals surface area contributed by atoms with Gasteiger partial charge in [-0.15, -0.1) is 0 Å². The molecule has 1 aromatic carbocycles. The minimum atomic E-state index is 0.605. The van der Waals surface area contributed by atoms with Crippen LogP contribution in [0.2, 0.25) is 0 Å². The van der Waals surface area contributed by atoms with Gasteiger partial charge in [0.25, 0.3) is 0 Å². The van der Waals surface area contributed by atoms with E-state index in [1.165, 1.54) is 0 Å². The highest BCUT2D eigenvalue weighted by molar-refractivity contribution is 5.69. The molecule has 0 fully saturated rings. The molecular formula is C16H17N3. The number of para-hydroxylation sites is 1. The van der Waals surface area contributed by atoms with Gasteiger partial charge in [-0.1, -0.05) is 18.2 Å². The van der Waals surface area contributed by atoms with Crippen molar-refractivity contribution in [2.45, 2.75) is 27.7 Å². The zero-order valence-electron chi connectivity index (χ0n) is 11.7. The molecule has 0 aliphatic rings. The van der Waals surface area contributed by atoms with E-state index in [0.29, 0.717) is 11.4 Å². The number of anilines is 2. The lowest BCUT2D eigenvalue weighted by Gasteiger charge is -2.14. The van der Waals surface area contributed by atoms with Crippen LogP contribution < -0.4 is 5.32 Å². The molecule has 3 nitrogen and oxygen atoms in total. The summed E-state index contributed by atoms with van der Waals surface area (Å²) in [6, 6.07) is 10.3. The predicted octanol–water partition coefficient (Wildman–Crippen LogP) is 3.93. The average molecular weight is 251 g/mol. The molecule has 0 atom stereocenters. The highest BCUT2D eigenvalue weighted by atomic mass is 15.0. The number of benzene rings is 1. The number of rotatable bonds is 2. The Morgan fingerprint density at radius 3 is 2.26 bits per heavy atom. The number of nitrogens with zero attached hydrogens (tertiary/aromatic N) is 2. The Kier molecular flexibility index (Phi) is 3.52. The summed E-state index contributed by atoms with van der Waals surface area (Å²) in [5, 5.41) is 12.6. The Bertz CT molecular complexity index is 646. The van der Waals surface area contributed by atoms with Gasteiger partial charge in [0, 0.05) is 11.4 Å². The molecule has 19 heavy (non-hydrogen) atoms. The Balaban J connectivity index is 2.53. The minimum Gasteiger partial charge on any atom is -0.339 e. The van der Waals surface area contributed by atoms with Gasteiger partial charge in [-0.25, -0.2) is 4.98 Å². The van der Waals surface area contributed by atoms with Gasteiger partial charge in [0.2, 0.25) is 0 Å². The lowest BCUT2D eigenvalue weighted by Crippen LogP contribution is -2.03. The van der Waals surface area contributed by atoms with Crippen LogP contribution in [0.25, 0.3) is 0 Å². The molecule has 0 bridgehead atoms. The summed E-state index contributed by atoms with van der Waals surface area (Å²) in [5.74, 6) is 0.636. The third kappa shape index (κ3) is 2.58. The van der Waals surface area contributed by atoms with Gasteiger partial charge in [-0.3, -0.25) is 0 Å². The van der Waals surface area contributed by atoms with E-state index in [-0.39, 0.29) is 0 Å². The summed E-state index contributed by atoms with van der Waals surface area (Å²) in [7, 11) is 0. The predicted molar refractivity (Wildman–Crippen MR) is 77.6 cm³/mol. The number of hydrogen-bond donors (Lipinski definition) is 1. The lowest BCUT2D eigenvalue weighted by atomic mass is 10.1. The first-order valence-electron chi connectivity index (χ1n) is 6.24. The number of aromatic nitrogens is 1. The summed E-state index contributed by atoms with van der Waals surface area (Å²) >= 11 is 0. The van der Waals surface area contributed by atoms with Crippen LogP contribution in [0.1, 0.15) is 27.9 Å². The zero-order valence-corrected chi connectivity index (χ0v) is 11.7. The Morgan fingerprint density at radius 1 is 1.05 bits per heavy atom. The number of nitrogens with one attached hydrogen (secondary N) is 1. The molecule has 96 valence electrons. The molecule has 0 saturated heterocycles. The standard InChI is InChI=1S/C16H17N3/c1-10-6-5-7-11(2)15(10)19-16-14(9-17)12(3)8-13(4)18-16/h5-8H,1-4H3,(H,18,19). The van der Waals surface area contributed by atoms with E-state index >= 15 is 0 Å². The van der Waals surface area contributed by atoms with Gasteiger partial charge in [-0.2, -0.15) is 5.26 Å². The average Bonchev–Trinajstić information content (AvgIpc) is 2.33. The van der Waals surface area contributed by atoms with Crippen molar-refractivity contribution in [3.63, 3.8) is 0 Å². The van der Waals surface area contributed by atoms with Crippen LogP contribution in [0.4, 0.5) is 11.5 Å². The lowest BCUT2D eigenvalue weighted by molar-refractivity contribution is 1.15. The Morgan fingerprint density at radius 2 is 1.68 bits per heavy atom. The normalized spacial score (nSPS) is 10.1. The summed E-state index contributed by atoms with van der Waals surface area (Å²) in [5.41, 5.74) is 5.77. The molecule has 1 aromatic heterocycles. The highest BCUT2D eigenvalue weighted by Gasteiger charge is 2.10. The van der Waals surface area contributed by atoms with E-state index in [1.807, 2.05) is 52.0 Å².